The van der Waals surface area contributed by atoms with Crippen LogP contribution in [-0.4, -0.2) is 65.8 Å². The van der Waals surface area contributed by atoms with Crippen LogP contribution in [0.25, 0.3) is 0 Å². The molecule has 3 rings (SSSR count). The van der Waals surface area contributed by atoms with Crippen LogP contribution < -0.4 is 5.73 Å². The van der Waals surface area contributed by atoms with Gasteiger partial charge < -0.3 is 34.9 Å². The smallest absolute Gasteiger partial charge is 0.331 e. The Bertz CT molecular complexity index is 836. The predicted molar refractivity (Wildman–Crippen MR) is 123 cm³/mol. The molecule has 0 amide bonds. The van der Waals surface area contributed by atoms with Crippen molar-refractivity contribution in [2.45, 2.75) is 69.0 Å². The number of carbonyl (C=O) groups excluding carboxylic acids is 1. The van der Waals surface area contributed by atoms with Crippen molar-refractivity contribution in [1.29, 1.82) is 0 Å². The molecule has 0 radical (unpaired) electrons. The number of rotatable bonds is 10. The van der Waals surface area contributed by atoms with Gasteiger partial charge in [-0.1, -0.05) is 48.1 Å². The molecule has 6 unspecified atom stereocenters. The lowest BCUT2D eigenvalue weighted by molar-refractivity contribution is -0.167. The number of carbonyl (C=O) groups is 1. The molecule has 182 valence electrons. The first-order chi connectivity index (χ1) is 15.7. The summed E-state index contributed by atoms with van der Waals surface area (Å²) in [4.78, 5) is 12.4. The average Bonchev–Trinajstić information content (AvgIpc) is 3.67. The number of aliphatic hydroxyl groups is 2. The van der Waals surface area contributed by atoms with Crippen LogP contribution in [-0.2, 0) is 23.7 Å². The van der Waals surface area contributed by atoms with E-state index in [1.807, 2.05) is 13.8 Å². The van der Waals surface area contributed by atoms with E-state index in [1.165, 1.54) is 23.8 Å². The van der Waals surface area contributed by atoms with E-state index in [0.29, 0.717) is 13.0 Å². The van der Waals surface area contributed by atoms with Crippen LogP contribution in [0, 0.1) is 5.92 Å². The molecule has 0 aromatic carbocycles. The maximum atomic E-state index is 12.4. The molecule has 6 atom stereocenters. The van der Waals surface area contributed by atoms with Crippen molar-refractivity contribution in [3.05, 3.63) is 60.3 Å². The summed E-state index contributed by atoms with van der Waals surface area (Å²) in [6.07, 6.45) is 14.1. The molecule has 4 N–H and O–H groups in total. The number of hydrogen-bond acceptors (Lipinski definition) is 8. The normalized spacial score (nSPS) is 36.0. The molecule has 2 aliphatic heterocycles. The molecule has 0 aromatic heterocycles. The van der Waals surface area contributed by atoms with E-state index < -0.39 is 30.2 Å². The molecule has 3 fully saturated rings. The highest BCUT2D eigenvalue weighted by Crippen LogP contribution is 2.57. The number of hydrogen-bond donors (Lipinski definition) is 3. The van der Waals surface area contributed by atoms with Gasteiger partial charge in [-0.15, -0.1) is 0 Å². The number of aliphatic hydroxyl groups excluding tert-OH is 1. The van der Waals surface area contributed by atoms with E-state index in [0.717, 1.165) is 12.8 Å². The summed E-state index contributed by atoms with van der Waals surface area (Å²) in [7, 11) is 1.60. The number of ether oxygens (including phenoxy) is 4. The standard InChI is InChI=1S/C25H35NO7/c1-17(2)12-13-19-25(26,33-19)23-22(30-3)18(14-15-24(23)16-31-24)32-21(29)11-9-7-5-4-6-8-10-20(27)28/h4-12,18-20,22-23,27-28H,13-16,26H2,1-3H3. The Morgan fingerprint density at radius 1 is 1.18 bits per heavy atom. The fourth-order valence-electron chi connectivity index (χ4n) is 4.52. The van der Waals surface area contributed by atoms with E-state index in [1.54, 1.807) is 37.5 Å². The summed E-state index contributed by atoms with van der Waals surface area (Å²) in [6, 6.07) is 0. The second-order valence-electron chi connectivity index (χ2n) is 8.95. The lowest BCUT2D eigenvalue weighted by atomic mass is 9.70. The molecule has 1 aliphatic carbocycles. The third-order valence-electron chi connectivity index (χ3n) is 6.26. The van der Waals surface area contributed by atoms with Gasteiger partial charge in [0.15, 0.2) is 12.0 Å². The minimum absolute atomic E-state index is 0.112. The lowest BCUT2D eigenvalue weighted by Crippen LogP contribution is -2.59. The van der Waals surface area contributed by atoms with Crippen LogP contribution >= 0.6 is 0 Å². The van der Waals surface area contributed by atoms with Crippen molar-refractivity contribution in [3.8, 4) is 0 Å². The summed E-state index contributed by atoms with van der Waals surface area (Å²) in [5.74, 6) is -0.689. The van der Waals surface area contributed by atoms with Gasteiger partial charge in [0.1, 0.15) is 23.9 Å². The number of epoxide rings is 2. The number of methoxy groups -OCH3 is 1. The van der Waals surface area contributed by atoms with Gasteiger partial charge in [-0.25, -0.2) is 4.79 Å². The fraction of sp³-hybridized carbons (Fsp3) is 0.560. The average molecular weight is 462 g/mol. The van der Waals surface area contributed by atoms with Crippen molar-refractivity contribution in [1.82, 2.24) is 0 Å². The summed E-state index contributed by atoms with van der Waals surface area (Å²) >= 11 is 0. The quantitative estimate of drug-likeness (QED) is 0.113. The molecule has 0 bridgehead atoms. The molecule has 1 saturated carbocycles. The van der Waals surface area contributed by atoms with Gasteiger partial charge in [-0.2, -0.15) is 0 Å². The third-order valence-corrected chi connectivity index (χ3v) is 6.26. The Labute approximate surface area is 195 Å². The zero-order chi connectivity index (χ0) is 24.1. The van der Waals surface area contributed by atoms with Crippen LogP contribution in [0.15, 0.2) is 60.3 Å². The Morgan fingerprint density at radius 3 is 2.45 bits per heavy atom. The Kier molecular flexibility index (Phi) is 8.44. The molecular weight excluding hydrogens is 426 g/mol. The number of allylic oxidation sites excluding steroid dienone is 7. The predicted octanol–water partition coefficient (Wildman–Crippen LogP) is 2.04. The third kappa shape index (κ3) is 6.50. The highest BCUT2D eigenvalue weighted by Gasteiger charge is 2.73. The zero-order valence-corrected chi connectivity index (χ0v) is 19.4. The maximum Gasteiger partial charge on any atom is 0.331 e. The molecule has 0 aromatic rings. The lowest BCUT2D eigenvalue weighted by Gasteiger charge is -2.42. The van der Waals surface area contributed by atoms with Gasteiger partial charge >= 0.3 is 5.97 Å². The number of esters is 1. The van der Waals surface area contributed by atoms with Gasteiger partial charge in [0.25, 0.3) is 0 Å². The Hall–Kier alpha value is -2.07. The van der Waals surface area contributed by atoms with E-state index in [-0.39, 0.29) is 17.6 Å². The monoisotopic (exact) mass is 461 g/mol. The highest BCUT2D eigenvalue weighted by molar-refractivity contribution is 5.82. The first kappa shape index (κ1) is 25.6. The van der Waals surface area contributed by atoms with Crippen LogP contribution in [0.1, 0.15) is 33.1 Å². The minimum atomic E-state index is -1.48. The van der Waals surface area contributed by atoms with Crippen molar-refractivity contribution in [2.24, 2.45) is 11.7 Å². The van der Waals surface area contributed by atoms with Gasteiger partial charge in [0.05, 0.1) is 12.5 Å². The molecule has 33 heavy (non-hydrogen) atoms. The zero-order valence-electron chi connectivity index (χ0n) is 19.4. The summed E-state index contributed by atoms with van der Waals surface area (Å²) in [5, 5.41) is 17.4. The molecule has 3 aliphatic rings. The van der Waals surface area contributed by atoms with Crippen molar-refractivity contribution < 1.29 is 34.0 Å². The molecule has 2 saturated heterocycles. The topological polar surface area (TPSA) is 127 Å². The Morgan fingerprint density at radius 2 is 1.85 bits per heavy atom. The largest absolute Gasteiger partial charge is 0.456 e. The maximum absolute atomic E-state index is 12.4. The van der Waals surface area contributed by atoms with Crippen molar-refractivity contribution in [2.75, 3.05) is 13.7 Å². The molecule has 2 heterocycles. The van der Waals surface area contributed by atoms with E-state index in [9.17, 15) is 4.79 Å². The van der Waals surface area contributed by atoms with Crippen molar-refractivity contribution in [3.63, 3.8) is 0 Å². The summed E-state index contributed by atoms with van der Waals surface area (Å²) in [5.41, 5.74) is 6.65. The van der Waals surface area contributed by atoms with Crippen LogP contribution in [0.4, 0.5) is 0 Å². The van der Waals surface area contributed by atoms with Gasteiger partial charge in [-0.3, -0.25) is 0 Å². The molecule has 8 nitrogen and oxygen atoms in total. The second kappa shape index (κ2) is 10.9. The minimum Gasteiger partial charge on any atom is -0.456 e. The van der Waals surface area contributed by atoms with Crippen LogP contribution in [0.5, 0.6) is 0 Å². The summed E-state index contributed by atoms with van der Waals surface area (Å²) < 4.78 is 23.3. The van der Waals surface area contributed by atoms with Gasteiger partial charge in [-0.05, 0) is 39.2 Å². The molecule has 1 spiro atoms. The number of nitrogens with two attached hydrogens (primary N) is 1. The van der Waals surface area contributed by atoms with Gasteiger partial charge in [0, 0.05) is 13.2 Å². The SMILES string of the molecule is COC1C(OC(=O)C=CC=CC=CC=CC(O)O)CCC2(CO2)C1C1(N)OC1CC=C(C)C. The van der Waals surface area contributed by atoms with Gasteiger partial charge in [0.2, 0.25) is 0 Å². The van der Waals surface area contributed by atoms with E-state index in [2.05, 4.69) is 6.08 Å². The summed E-state index contributed by atoms with van der Waals surface area (Å²) in [6.45, 7) is 4.69. The van der Waals surface area contributed by atoms with E-state index in [4.69, 9.17) is 34.9 Å². The molecule has 8 heteroatoms. The Balaban J connectivity index is 1.59. The van der Waals surface area contributed by atoms with Crippen molar-refractivity contribution >= 4 is 5.97 Å². The highest BCUT2D eigenvalue weighted by atomic mass is 16.6. The van der Waals surface area contributed by atoms with E-state index >= 15 is 0 Å². The first-order valence-corrected chi connectivity index (χ1v) is 11.2. The van der Waals surface area contributed by atoms with Crippen LogP contribution in [0.2, 0.25) is 0 Å². The molecular formula is C25H35NO7. The van der Waals surface area contributed by atoms with Crippen LogP contribution in [0.3, 0.4) is 0 Å². The second-order valence-corrected chi connectivity index (χ2v) is 8.95. The first-order valence-electron chi connectivity index (χ1n) is 11.2. The fourth-order valence-corrected chi connectivity index (χ4v) is 4.52.